The average molecular weight is 277 g/mol. The molecule has 18 heavy (non-hydrogen) atoms. The summed E-state index contributed by atoms with van der Waals surface area (Å²) in [5, 5.41) is 8.76. The zero-order chi connectivity index (χ0) is 13.3. The second-order valence-electron chi connectivity index (χ2n) is 4.51. The van der Waals surface area contributed by atoms with E-state index in [4.69, 9.17) is 9.84 Å². The number of carbonyl (C=O) groups excluding carboxylic acids is 1. The lowest BCUT2D eigenvalue weighted by Gasteiger charge is -2.28. The lowest BCUT2D eigenvalue weighted by Crippen LogP contribution is -2.47. The fourth-order valence-corrected chi connectivity index (χ4v) is 3.34. The number of carboxylic acids is 1. The van der Waals surface area contributed by atoms with Gasteiger partial charge in [-0.05, 0) is 12.8 Å². The molecular weight excluding hydrogens is 262 g/mol. The number of aliphatic carboxylic acids is 1. The molecular formula is C10H15NO6S. The van der Waals surface area contributed by atoms with Gasteiger partial charge < -0.3 is 14.7 Å². The maximum atomic E-state index is 12.0. The Morgan fingerprint density at radius 1 is 1.11 bits per heavy atom. The highest BCUT2D eigenvalue weighted by molar-refractivity contribution is 7.91. The summed E-state index contributed by atoms with van der Waals surface area (Å²) in [6.07, 6.45) is -0.976. The first-order chi connectivity index (χ1) is 8.39. The minimum absolute atomic E-state index is 0.0339. The van der Waals surface area contributed by atoms with Crippen LogP contribution in [0.15, 0.2) is 0 Å². The van der Waals surface area contributed by atoms with Crippen LogP contribution in [-0.2, 0) is 24.2 Å². The normalized spacial score (nSPS) is 31.2. The molecule has 2 fully saturated rings. The summed E-state index contributed by atoms with van der Waals surface area (Å²) in [6.45, 7) is 0.331. The first-order valence-corrected chi connectivity index (χ1v) is 7.59. The summed E-state index contributed by atoms with van der Waals surface area (Å²) >= 11 is 0. The van der Waals surface area contributed by atoms with Crippen LogP contribution in [0.4, 0.5) is 0 Å². The fourth-order valence-electron chi connectivity index (χ4n) is 2.14. The second-order valence-corrected chi connectivity index (χ2v) is 6.81. The Hall–Kier alpha value is -1.15. The van der Waals surface area contributed by atoms with E-state index < -0.39 is 28.0 Å². The zero-order valence-corrected chi connectivity index (χ0v) is 10.6. The van der Waals surface area contributed by atoms with E-state index >= 15 is 0 Å². The highest BCUT2D eigenvalue weighted by atomic mass is 32.2. The maximum absolute atomic E-state index is 12.0. The van der Waals surface area contributed by atoms with E-state index in [9.17, 15) is 18.0 Å². The minimum Gasteiger partial charge on any atom is -0.479 e. The van der Waals surface area contributed by atoms with Gasteiger partial charge in [-0.15, -0.1) is 0 Å². The Bertz CT molecular complexity index is 445. The number of carbonyl (C=O) groups is 2. The second kappa shape index (κ2) is 4.85. The summed E-state index contributed by atoms with van der Waals surface area (Å²) in [7, 11) is -3.03. The molecule has 102 valence electrons. The Balaban J connectivity index is 1.91. The standard InChI is InChI=1S/C10H15NO6S/c12-9(7-1-2-8(17-7)10(13)14)11-3-5-18(15,16)6-4-11/h7-8H,1-6H2,(H,13,14). The van der Waals surface area contributed by atoms with Gasteiger partial charge in [-0.3, -0.25) is 4.79 Å². The molecule has 8 heteroatoms. The van der Waals surface area contributed by atoms with Crippen molar-refractivity contribution in [2.75, 3.05) is 24.6 Å². The molecule has 0 radical (unpaired) electrons. The van der Waals surface area contributed by atoms with E-state index in [-0.39, 0.29) is 30.5 Å². The first-order valence-electron chi connectivity index (χ1n) is 5.76. The van der Waals surface area contributed by atoms with E-state index in [1.165, 1.54) is 4.90 Å². The first kappa shape index (κ1) is 13.3. The minimum atomic E-state index is -3.03. The van der Waals surface area contributed by atoms with Gasteiger partial charge in [0.1, 0.15) is 6.10 Å². The topological polar surface area (TPSA) is 101 Å². The lowest BCUT2D eigenvalue weighted by atomic mass is 10.2. The van der Waals surface area contributed by atoms with Gasteiger partial charge >= 0.3 is 5.97 Å². The number of hydrogen-bond acceptors (Lipinski definition) is 5. The molecule has 2 atom stereocenters. The van der Waals surface area contributed by atoms with Gasteiger partial charge in [0.05, 0.1) is 11.5 Å². The van der Waals surface area contributed by atoms with Gasteiger partial charge in [-0.1, -0.05) is 0 Å². The van der Waals surface area contributed by atoms with Crippen molar-refractivity contribution < 1.29 is 27.9 Å². The summed E-state index contributed by atoms with van der Waals surface area (Å²) in [5.41, 5.74) is 0. The maximum Gasteiger partial charge on any atom is 0.332 e. The van der Waals surface area contributed by atoms with Crippen LogP contribution in [0, 0.1) is 0 Å². The van der Waals surface area contributed by atoms with Crippen molar-refractivity contribution in [3.63, 3.8) is 0 Å². The van der Waals surface area contributed by atoms with Crippen molar-refractivity contribution in [1.82, 2.24) is 4.90 Å². The van der Waals surface area contributed by atoms with E-state index in [0.717, 1.165) is 0 Å². The molecule has 0 aliphatic carbocycles. The third-order valence-corrected chi connectivity index (χ3v) is 4.84. The molecule has 0 saturated carbocycles. The third-order valence-electron chi connectivity index (χ3n) is 3.23. The Kier molecular flexibility index (Phi) is 3.58. The SMILES string of the molecule is O=C(O)C1CCC(C(=O)N2CCS(=O)(=O)CC2)O1. The van der Waals surface area contributed by atoms with Crippen LogP contribution in [-0.4, -0.2) is 67.1 Å². The molecule has 2 rings (SSSR count). The molecule has 0 spiro atoms. The van der Waals surface area contributed by atoms with E-state index in [1.807, 2.05) is 0 Å². The number of carboxylic acid groups (broad SMARTS) is 1. The van der Waals surface area contributed by atoms with Gasteiger partial charge in [0.25, 0.3) is 5.91 Å². The quantitative estimate of drug-likeness (QED) is 0.686. The van der Waals surface area contributed by atoms with Crippen molar-refractivity contribution in [3.05, 3.63) is 0 Å². The van der Waals surface area contributed by atoms with Crippen molar-refractivity contribution in [2.24, 2.45) is 0 Å². The van der Waals surface area contributed by atoms with Crippen molar-refractivity contribution in [1.29, 1.82) is 0 Å². The van der Waals surface area contributed by atoms with Crippen LogP contribution < -0.4 is 0 Å². The molecule has 1 amide bonds. The highest BCUT2D eigenvalue weighted by Gasteiger charge is 2.38. The van der Waals surface area contributed by atoms with Crippen molar-refractivity contribution in [2.45, 2.75) is 25.0 Å². The van der Waals surface area contributed by atoms with Crippen LogP contribution in [0.25, 0.3) is 0 Å². The summed E-state index contributed by atoms with van der Waals surface area (Å²) in [5.74, 6) is -1.43. The Morgan fingerprint density at radius 2 is 1.67 bits per heavy atom. The Morgan fingerprint density at radius 3 is 2.17 bits per heavy atom. The van der Waals surface area contributed by atoms with Gasteiger partial charge in [-0.2, -0.15) is 0 Å². The zero-order valence-electron chi connectivity index (χ0n) is 9.74. The molecule has 2 heterocycles. The molecule has 2 aliphatic heterocycles. The van der Waals surface area contributed by atoms with Crippen LogP contribution in [0.3, 0.4) is 0 Å². The summed E-state index contributed by atoms with van der Waals surface area (Å²) in [6, 6.07) is 0. The van der Waals surface area contributed by atoms with Gasteiger partial charge in [0.2, 0.25) is 0 Å². The van der Waals surface area contributed by atoms with Crippen LogP contribution >= 0.6 is 0 Å². The molecule has 7 nitrogen and oxygen atoms in total. The van der Waals surface area contributed by atoms with E-state index in [1.54, 1.807) is 0 Å². The van der Waals surface area contributed by atoms with Crippen molar-refractivity contribution in [3.8, 4) is 0 Å². The van der Waals surface area contributed by atoms with Crippen molar-refractivity contribution >= 4 is 21.7 Å². The molecule has 0 aromatic carbocycles. The summed E-state index contributed by atoms with van der Waals surface area (Å²) in [4.78, 5) is 24.1. The molecule has 2 unspecified atom stereocenters. The van der Waals surface area contributed by atoms with Gasteiger partial charge in [0.15, 0.2) is 15.9 Å². The number of rotatable bonds is 2. The highest BCUT2D eigenvalue weighted by Crippen LogP contribution is 2.22. The largest absolute Gasteiger partial charge is 0.479 e. The number of sulfone groups is 1. The monoisotopic (exact) mass is 277 g/mol. The average Bonchev–Trinajstić information content (AvgIpc) is 2.77. The molecule has 1 N–H and O–H groups in total. The van der Waals surface area contributed by atoms with E-state index in [0.29, 0.717) is 12.8 Å². The molecule has 0 aromatic heterocycles. The lowest BCUT2D eigenvalue weighted by molar-refractivity contribution is -0.154. The van der Waals surface area contributed by atoms with Crippen LogP contribution in [0.2, 0.25) is 0 Å². The third kappa shape index (κ3) is 2.81. The fraction of sp³-hybridized carbons (Fsp3) is 0.800. The van der Waals surface area contributed by atoms with Gasteiger partial charge in [0, 0.05) is 13.1 Å². The van der Waals surface area contributed by atoms with Gasteiger partial charge in [-0.25, -0.2) is 13.2 Å². The van der Waals surface area contributed by atoms with Crippen LogP contribution in [0.5, 0.6) is 0 Å². The molecule has 0 bridgehead atoms. The predicted molar refractivity (Wildman–Crippen MR) is 60.8 cm³/mol. The molecule has 2 saturated heterocycles. The predicted octanol–water partition coefficient (Wildman–Crippen LogP) is -1.12. The van der Waals surface area contributed by atoms with Crippen LogP contribution in [0.1, 0.15) is 12.8 Å². The number of amides is 1. The number of ether oxygens (including phenoxy) is 1. The molecule has 2 aliphatic rings. The smallest absolute Gasteiger partial charge is 0.332 e. The number of hydrogen-bond donors (Lipinski definition) is 1. The van der Waals surface area contributed by atoms with E-state index in [2.05, 4.69) is 0 Å². The number of nitrogens with zero attached hydrogens (tertiary/aromatic N) is 1. The summed E-state index contributed by atoms with van der Waals surface area (Å²) < 4.78 is 27.6. The molecule has 0 aromatic rings. The Labute approximate surface area is 105 Å².